The van der Waals surface area contributed by atoms with Gasteiger partial charge in [0.1, 0.15) is 34.5 Å². The average Bonchev–Trinajstić information content (AvgIpc) is 4.00. The number of para-hydroxylation sites is 2. The maximum atomic E-state index is 13.7. The lowest BCUT2D eigenvalue weighted by molar-refractivity contribution is -0.138. The summed E-state index contributed by atoms with van der Waals surface area (Å²) in [5.41, 5.74) is 11.5. The lowest BCUT2D eigenvalue weighted by atomic mass is 9.98. The van der Waals surface area contributed by atoms with Gasteiger partial charge in [0.15, 0.2) is 0 Å². The van der Waals surface area contributed by atoms with Gasteiger partial charge in [-0.2, -0.15) is 0 Å². The van der Waals surface area contributed by atoms with Crippen LogP contribution >= 0.6 is 0 Å². The van der Waals surface area contributed by atoms with E-state index < -0.39 is 86.0 Å². The van der Waals surface area contributed by atoms with E-state index in [1.807, 2.05) is 0 Å². The molecule has 2 aromatic heterocycles. The number of hydrogen-bond donors (Lipinski definition) is 18. The summed E-state index contributed by atoms with van der Waals surface area (Å²) in [6, 6.07) is 14.0. The van der Waals surface area contributed by atoms with Gasteiger partial charge in [-0.15, -0.1) is 0 Å². The molecule has 2 aromatic carbocycles. The van der Waals surface area contributed by atoms with Crippen LogP contribution in [-0.4, -0.2) is 192 Å². The first-order valence-corrected chi connectivity index (χ1v) is 23.9. The second-order valence-corrected chi connectivity index (χ2v) is 17.1. The summed E-state index contributed by atoms with van der Waals surface area (Å²) in [6.45, 7) is -3.35. The Morgan fingerprint density at radius 3 is 1.09 bits per heavy atom. The number of rotatable bonds is 38. The van der Waals surface area contributed by atoms with Crippen molar-refractivity contribution in [2.24, 2.45) is 0 Å². The lowest BCUT2D eigenvalue weighted by Crippen LogP contribution is -2.48. The number of hydrogen-bond acceptors (Lipinski definition) is 20. The topological polar surface area (TPSA) is 462 Å². The number of H-pyrrole nitrogens is 2. The van der Waals surface area contributed by atoms with Gasteiger partial charge in [0.05, 0.1) is 77.8 Å². The third-order valence-electron chi connectivity index (χ3n) is 10.9. The van der Waals surface area contributed by atoms with E-state index >= 15 is 0 Å². The van der Waals surface area contributed by atoms with Gasteiger partial charge in [-0.1, -0.05) is 36.4 Å². The summed E-state index contributed by atoms with van der Waals surface area (Å²) >= 11 is 0. The number of carboxylic acids is 4. The Balaban J connectivity index is 1.23. The SMILES string of the molecule is O=C(O)CNC(CC(=O)CNCCC(=O)CNCC(=O)NNC(=O)c1[nH]c2ccccc2c1Cc1c(C(=O)NNC(=O)CNCC(=O)CCNCC(=O)CC(NCC(=O)O)NCC(=O)O)[nH]c2ccccc12)NCC(=O)O. The van der Waals surface area contributed by atoms with Crippen molar-refractivity contribution >= 4 is 92.4 Å². The largest absolute Gasteiger partial charge is 0.480 e. The molecule has 0 unspecified atom stereocenters. The van der Waals surface area contributed by atoms with Gasteiger partial charge in [0.2, 0.25) is 0 Å². The van der Waals surface area contributed by atoms with Crippen molar-refractivity contribution in [3.05, 3.63) is 71.0 Å². The summed E-state index contributed by atoms with van der Waals surface area (Å²) in [5.74, 6) is -9.02. The highest BCUT2D eigenvalue weighted by Gasteiger charge is 2.25. The monoisotopic (exact) mass is 1080 g/mol. The molecule has 2 heterocycles. The zero-order valence-electron chi connectivity index (χ0n) is 41.5. The lowest BCUT2D eigenvalue weighted by Gasteiger charge is -2.17. The Morgan fingerprint density at radius 2 is 0.740 bits per heavy atom. The number of fused-ring (bicyclic) bond motifs is 2. The number of carboxylic acid groups (broad SMARTS) is 4. The van der Waals surface area contributed by atoms with Crippen molar-refractivity contribution in [3.8, 4) is 0 Å². The fourth-order valence-corrected chi connectivity index (χ4v) is 7.39. The minimum absolute atomic E-state index is 0.00380. The molecule has 18 N–H and O–H groups in total. The number of amides is 4. The van der Waals surface area contributed by atoms with Crippen LogP contribution in [0.2, 0.25) is 0 Å². The summed E-state index contributed by atoms with van der Waals surface area (Å²) in [4.78, 5) is 152. The van der Waals surface area contributed by atoms with E-state index in [9.17, 15) is 57.5 Å². The molecule has 4 rings (SSSR count). The minimum atomic E-state index is -1.20. The fraction of sp³-hybridized carbons (Fsp3) is 0.404. The molecule has 0 saturated carbocycles. The Bertz CT molecular complexity index is 2560. The molecule has 4 aromatic rings. The number of hydrazine groups is 2. The average molecular weight is 1080 g/mol. The molecule has 0 atom stereocenters. The van der Waals surface area contributed by atoms with Crippen LogP contribution in [-0.2, 0) is 54.4 Å². The van der Waals surface area contributed by atoms with Gasteiger partial charge < -0.3 is 51.7 Å². The van der Waals surface area contributed by atoms with Crippen LogP contribution in [0.3, 0.4) is 0 Å². The molecular weight excluding hydrogens is 1020 g/mol. The third kappa shape index (κ3) is 22.6. The molecule has 0 aliphatic rings. The number of aromatic nitrogens is 2. The van der Waals surface area contributed by atoms with Gasteiger partial charge in [0, 0.05) is 67.0 Å². The first-order valence-electron chi connectivity index (χ1n) is 23.9. The van der Waals surface area contributed by atoms with Gasteiger partial charge in [0.25, 0.3) is 23.6 Å². The van der Waals surface area contributed by atoms with E-state index in [-0.39, 0.29) is 119 Å². The van der Waals surface area contributed by atoms with E-state index in [4.69, 9.17) is 20.4 Å². The van der Waals surface area contributed by atoms with Crippen LogP contribution in [0.15, 0.2) is 48.5 Å². The molecule has 0 fully saturated rings. The Hall–Kier alpha value is -8.36. The minimum Gasteiger partial charge on any atom is -0.480 e. The normalized spacial score (nSPS) is 11.1. The molecule has 77 heavy (non-hydrogen) atoms. The fourth-order valence-electron chi connectivity index (χ4n) is 7.39. The predicted octanol–water partition coefficient (Wildman–Crippen LogP) is -4.69. The maximum absolute atomic E-state index is 13.7. The van der Waals surface area contributed by atoms with Crippen molar-refractivity contribution in [1.29, 1.82) is 0 Å². The highest BCUT2D eigenvalue weighted by atomic mass is 16.4. The van der Waals surface area contributed by atoms with Crippen LogP contribution < -0.4 is 64.2 Å². The number of benzene rings is 2. The Morgan fingerprint density at radius 1 is 0.403 bits per heavy atom. The van der Waals surface area contributed by atoms with E-state index in [2.05, 4.69) is 74.2 Å². The van der Waals surface area contributed by atoms with E-state index in [0.29, 0.717) is 32.9 Å². The van der Waals surface area contributed by atoms with Crippen LogP contribution in [0.1, 0.15) is 57.8 Å². The van der Waals surface area contributed by atoms with Gasteiger partial charge >= 0.3 is 23.9 Å². The van der Waals surface area contributed by atoms with E-state index in [1.54, 1.807) is 48.5 Å². The molecule has 4 amide bonds. The molecule has 0 spiro atoms. The zero-order valence-corrected chi connectivity index (χ0v) is 41.5. The third-order valence-corrected chi connectivity index (χ3v) is 10.9. The number of aliphatic carboxylic acids is 4. The molecule has 416 valence electrons. The van der Waals surface area contributed by atoms with Gasteiger partial charge in [-0.25, -0.2) is 0 Å². The molecule has 0 aliphatic heterocycles. The van der Waals surface area contributed by atoms with Crippen molar-refractivity contribution in [1.82, 2.24) is 74.2 Å². The van der Waals surface area contributed by atoms with Crippen molar-refractivity contribution in [2.45, 2.75) is 44.4 Å². The van der Waals surface area contributed by atoms with Gasteiger partial charge in [-0.3, -0.25) is 101 Å². The Labute approximate surface area is 437 Å². The number of ketones is 4. The number of carbonyl (C=O) groups is 12. The van der Waals surface area contributed by atoms with Gasteiger partial charge in [-0.05, 0) is 23.3 Å². The number of nitrogens with one attached hydrogen (secondary N) is 14. The molecule has 0 aliphatic carbocycles. The molecule has 30 heteroatoms. The smallest absolute Gasteiger partial charge is 0.317 e. The second-order valence-electron chi connectivity index (χ2n) is 17.1. The van der Waals surface area contributed by atoms with Crippen LogP contribution in [0.25, 0.3) is 21.8 Å². The summed E-state index contributed by atoms with van der Waals surface area (Å²) in [7, 11) is 0. The van der Waals surface area contributed by atoms with Crippen LogP contribution in [0.4, 0.5) is 0 Å². The first-order chi connectivity index (χ1) is 36.8. The highest BCUT2D eigenvalue weighted by molar-refractivity contribution is 6.05. The van der Waals surface area contributed by atoms with Crippen LogP contribution in [0, 0.1) is 0 Å². The maximum Gasteiger partial charge on any atom is 0.317 e. The zero-order chi connectivity index (χ0) is 56.3. The molecule has 0 radical (unpaired) electrons. The quantitative estimate of drug-likeness (QED) is 0.0114. The second kappa shape index (κ2) is 32.2. The number of aromatic amines is 2. The number of Topliss-reactive ketones (excluding diaryl/α,β-unsaturated/α-hetero) is 4. The summed E-state index contributed by atoms with van der Waals surface area (Å²) < 4.78 is 0. The van der Waals surface area contributed by atoms with Crippen LogP contribution in [0.5, 0.6) is 0 Å². The van der Waals surface area contributed by atoms with Crippen molar-refractivity contribution in [2.75, 3.05) is 78.5 Å². The van der Waals surface area contributed by atoms with E-state index in [0.717, 1.165) is 0 Å². The van der Waals surface area contributed by atoms with Crippen molar-refractivity contribution < 1.29 is 78.0 Å². The predicted molar refractivity (Wildman–Crippen MR) is 271 cm³/mol. The number of carbonyl (C=O) groups excluding carboxylic acids is 8. The molecule has 30 nitrogen and oxygen atoms in total. The first kappa shape index (κ1) is 61.2. The highest BCUT2D eigenvalue weighted by Crippen LogP contribution is 2.30. The molecule has 0 saturated heterocycles. The summed E-state index contributed by atoms with van der Waals surface area (Å²) in [6.07, 6.45) is -2.29. The van der Waals surface area contributed by atoms with E-state index in [1.165, 1.54) is 0 Å². The van der Waals surface area contributed by atoms with Crippen molar-refractivity contribution in [3.63, 3.8) is 0 Å². The molecule has 0 bridgehead atoms. The standard InChI is InChI=1S/C47H62N14O16/c62-26(9-11-48-18-28(64)13-36(52-22-40(68)69)53-23-41(70)71)16-50-20-38(66)58-60-46(76)44-32(30-5-1-3-7-34(30)56-44)15-33-31-6-2-4-8-35(31)57-45(33)47(77)61-59-39(67)21-51-17-27(63)10-12-49-19-29(65)14-37(54-24-42(72)73)55-25-43(74)75/h1-8,36-37,48-57H,9-25H2,(H,58,66)(H,59,67)(H,60,76)(H,61,77)(H,68,69)(H,70,71)(H,72,73)(H,74,75). The molecular formula is C47H62N14O16. The Kier molecular flexibility index (Phi) is 25.6. The summed E-state index contributed by atoms with van der Waals surface area (Å²) in [5, 5.41) is 57.8.